The molecule has 0 bridgehead atoms. The van der Waals surface area contributed by atoms with E-state index in [-0.39, 0.29) is 29.2 Å². The summed E-state index contributed by atoms with van der Waals surface area (Å²) in [4.78, 5) is 11.1. The molecule has 2 aliphatic rings. The lowest BCUT2D eigenvalue weighted by Gasteiger charge is -2.23. The minimum Gasteiger partial charge on any atom is -0.356 e. The molecule has 1 N–H and O–H groups in total. The number of amides is 1. The van der Waals surface area contributed by atoms with Gasteiger partial charge in [0.15, 0.2) is 0 Å². The molecule has 2 atom stereocenters. The maximum absolute atomic E-state index is 14.0. The van der Waals surface area contributed by atoms with E-state index in [0.29, 0.717) is 25.1 Å². The van der Waals surface area contributed by atoms with Crippen molar-refractivity contribution in [1.82, 2.24) is 9.62 Å². The molecule has 1 aromatic carbocycles. The molecule has 0 aliphatic carbocycles. The number of fused-ring (bicyclic) bond motifs is 1. The van der Waals surface area contributed by atoms with Crippen molar-refractivity contribution >= 4 is 15.9 Å². The van der Waals surface area contributed by atoms with Gasteiger partial charge >= 0.3 is 0 Å². The number of aryl methyl sites for hydroxylation is 1. The van der Waals surface area contributed by atoms with E-state index in [1.54, 1.807) is 13.0 Å². The zero-order valence-corrected chi connectivity index (χ0v) is 12.5. The van der Waals surface area contributed by atoms with Crippen LogP contribution >= 0.6 is 0 Å². The molecule has 2 aliphatic heterocycles. The lowest BCUT2D eigenvalue weighted by atomic mass is 9.89. The molecule has 114 valence electrons. The van der Waals surface area contributed by atoms with Crippen LogP contribution < -0.4 is 5.32 Å². The van der Waals surface area contributed by atoms with Gasteiger partial charge in [0, 0.05) is 26.1 Å². The first-order valence-electron chi connectivity index (χ1n) is 6.91. The molecule has 2 heterocycles. The second kappa shape index (κ2) is 5.06. The third-order valence-electron chi connectivity index (χ3n) is 4.26. The van der Waals surface area contributed by atoms with E-state index in [9.17, 15) is 17.6 Å². The highest BCUT2D eigenvalue weighted by Gasteiger charge is 2.42. The third-order valence-corrected chi connectivity index (χ3v) is 6.12. The number of hydrogen-bond donors (Lipinski definition) is 1. The van der Waals surface area contributed by atoms with Crippen LogP contribution in [0.25, 0.3) is 0 Å². The Morgan fingerprint density at radius 2 is 2.00 bits per heavy atom. The zero-order valence-electron chi connectivity index (χ0n) is 11.7. The molecule has 3 rings (SSSR count). The summed E-state index contributed by atoms with van der Waals surface area (Å²) in [5.41, 5.74) is 0.677. The average Bonchev–Trinajstić information content (AvgIpc) is 2.81. The van der Waals surface area contributed by atoms with Gasteiger partial charge in [0.05, 0.1) is 0 Å². The van der Waals surface area contributed by atoms with Crippen LogP contribution in [0.15, 0.2) is 23.1 Å². The van der Waals surface area contributed by atoms with Crippen molar-refractivity contribution in [3.05, 3.63) is 29.6 Å². The minimum absolute atomic E-state index is 0.0297. The van der Waals surface area contributed by atoms with Crippen LogP contribution in [0.2, 0.25) is 0 Å². The minimum atomic E-state index is -3.84. The Hall–Kier alpha value is -1.47. The molecule has 0 aromatic heterocycles. The van der Waals surface area contributed by atoms with E-state index >= 15 is 0 Å². The number of carbonyl (C=O) groups excluding carboxylic acids is 1. The highest BCUT2D eigenvalue weighted by Crippen LogP contribution is 2.33. The lowest BCUT2D eigenvalue weighted by Crippen LogP contribution is -2.40. The number of piperidine rings is 1. The standard InChI is InChI=1S/C14H17FN2O3S/c1-9-2-3-13(12(15)4-9)21(19,20)17-7-10-5-14(18)16-6-11(10)8-17/h2-4,10-11H,5-8H2,1H3,(H,16,18)/t10-,11+/m1/s1. The Morgan fingerprint density at radius 3 is 2.71 bits per heavy atom. The summed E-state index contributed by atoms with van der Waals surface area (Å²) in [7, 11) is -3.84. The van der Waals surface area contributed by atoms with Crippen LogP contribution in [0.4, 0.5) is 4.39 Å². The summed E-state index contributed by atoms with van der Waals surface area (Å²) in [6, 6.07) is 4.12. The molecular weight excluding hydrogens is 295 g/mol. The molecule has 2 fully saturated rings. The number of halogens is 1. The summed E-state index contributed by atoms with van der Waals surface area (Å²) in [6.45, 7) is 2.82. The van der Waals surface area contributed by atoms with E-state index in [1.165, 1.54) is 16.4 Å². The fourth-order valence-corrected chi connectivity index (χ4v) is 4.66. The van der Waals surface area contributed by atoms with Crippen molar-refractivity contribution in [2.75, 3.05) is 19.6 Å². The fraction of sp³-hybridized carbons (Fsp3) is 0.500. The van der Waals surface area contributed by atoms with Crippen molar-refractivity contribution in [2.24, 2.45) is 11.8 Å². The molecular formula is C14H17FN2O3S. The lowest BCUT2D eigenvalue weighted by molar-refractivity contribution is -0.124. The first-order valence-corrected chi connectivity index (χ1v) is 8.35. The van der Waals surface area contributed by atoms with Gasteiger partial charge in [0.2, 0.25) is 15.9 Å². The molecule has 0 unspecified atom stereocenters. The van der Waals surface area contributed by atoms with Crippen LogP contribution in [0.1, 0.15) is 12.0 Å². The second-order valence-electron chi connectivity index (χ2n) is 5.78. The van der Waals surface area contributed by atoms with Gasteiger partial charge in [-0.1, -0.05) is 6.07 Å². The fourth-order valence-electron chi connectivity index (χ4n) is 3.06. The number of hydrogen-bond acceptors (Lipinski definition) is 3. The Labute approximate surface area is 123 Å². The Morgan fingerprint density at radius 1 is 1.29 bits per heavy atom. The van der Waals surface area contributed by atoms with Crippen molar-refractivity contribution in [3.63, 3.8) is 0 Å². The van der Waals surface area contributed by atoms with E-state index < -0.39 is 15.8 Å². The number of nitrogens with one attached hydrogen (secondary N) is 1. The number of carbonyl (C=O) groups is 1. The maximum Gasteiger partial charge on any atom is 0.246 e. The molecule has 0 saturated carbocycles. The molecule has 21 heavy (non-hydrogen) atoms. The molecule has 0 radical (unpaired) electrons. The van der Waals surface area contributed by atoms with Gasteiger partial charge in [-0.25, -0.2) is 12.8 Å². The van der Waals surface area contributed by atoms with Gasteiger partial charge in [-0.15, -0.1) is 0 Å². The smallest absolute Gasteiger partial charge is 0.246 e. The second-order valence-corrected chi connectivity index (χ2v) is 7.69. The topological polar surface area (TPSA) is 66.5 Å². The Bertz CT molecular complexity index is 689. The van der Waals surface area contributed by atoms with E-state index in [2.05, 4.69) is 5.32 Å². The highest BCUT2D eigenvalue weighted by molar-refractivity contribution is 7.89. The van der Waals surface area contributed by atoms with Crippen LogP contribution in [-0.2, 0) is 14.8 Å². The van der Waals surface area contributed by atoms with E-state index in [1.807, 2.05) is 0 Å². The van der Waals surface area contributed by atoms with Crippen molar-refractivity contribution in [1.29, 1.82) is 0 Å². The summed E-state index contributed by atoms with van der Waals surface area (Å²) >= 11 is 0. The van der Waals surface area contributed by atoms with E-state index in [4.69, 9.17) is 0 Å². The van der Waals surface area contributed by atoms with Crippen LogP contribution in [0.3, 0.4) is 0 Å². The quantitative estimate of drug-likeness (QED) is 0.882. The number of nitrogens with zero attached hydrogens (tertiary/aromatic N) is 1. The Balaban J connectivity index is 1.88. The molecule has 1 amide bonds. The molecule has 0 spiro atoms. The average molecular weight is 312 g/mol. The van der Waals surface area contributed by atoms with Gasteiger partial charge in [-0.2, -0.15) is 4.31 Å². The van der Waals surface area contributed by atoms with Crippen LogP contribution in [0.5, 0.6) is 0 Å². The molecule has 2 saturated heterocycles. The maximum atomic E-state index is 14.0. The largest absolute Gasteiger partial charge is 0.356 e. The van der Waals surface area contributed by atoms with Crippen LogP contribution in [-0.4, -0.2) is 38.3 Å². The van der Waals surface area contributed by atoms with Gasteiger partial charge < -0.3 is 5.32 Å². The predicted octanol–water partition coefficient (Wildman–Crippen LogP) is 0.891. The first-order chi connectivity index (χ1) is 9.88. The number of benzene rings is 1. The van der Waals surface area contributed by atoms with Crippen LogP contribution in [0, 0.1) is 24.6 Å². The molecule has 1 aromatic rings. The summed E-state index contributed by atoms with van der Waals surface area (Å²) in [5.74, 6) is -0.621. The van der Waals surface area contributed by atoms with Crippen molar-refractivity contribution in [3.8, 4) is 0 Å². The molecule has 5 nitrogen and oxygen atoms in total. The third kappa shape index (κ3) is 2.55. The van der Waals surface area contributed by atoms with Crippen molar-refractivity contribution < 1.29 is 17.6 Å². The van der Waals surface area contributed by atoms with Gasteiger partial charge in [0.25, 0.3) is 0 Å². The van der Waals surface area contributed by atoms with Crippen molar-refractivity contribution in [2.45, 2.75) is 18.2 Å². The van der Waals surface area contributed by atoms with Gasteiger partial charge in [0.1, 0.15) is 10.7 Å². The highest BCUT2D eigenvalue weighted by atomic mass is 32.2. The SMILES string of the molecule is Cc1ccc(S(=O)(=O)N2C[C@H]3CC(=O)NC[C@H]3C2)c(F)c1. The van der Waals surface area contributed by atoms with E-state index in [0.717, 1.165) is 0 Å². The summed E-state index contributed by atoms with van der Waals surface area (Å²) in [6.07, 6.45) is 0.340. The predicted molar refractivity (Wildman–Crippen MR) is 74.5 cm³/mol. The Kier molecular flexibility index (Phi) is 3.49. The monoisotopic (exact) mass is 312 g/mol. The van der Waals surface area contributed by atoms with Gasteiger partial charge in [-0.3, -0.25) is 4.79 Å². The summed E-state index contributed by atoms with van der Waals surface area (Å²) < 4.78 is 40.4. The summed E-state index contributed by atoms with van der Waals surface area (Å²) in [5, 5.41) is 2.75. The normalized spacial score (nSPS) is 26.5. The van der Waals surface area contributed by atoms with Gasteiger partial charge in [-0.05, 0) is 36.5 Å². The molecule has 7 heteroatoms. The number of sulfonamides is 1. The number of rotatable bonds is 2. The zero-order chi connectivity index (χ0) is 15.2. The first kappa shape index (κ1) is 14.5.